The number of hydrogen-bond donors (Lipinski definition) is 1. The van der Waals surface area contributed by atoms with Gasteiger partial charge in [0.05, 0.1) is 0 Å². The molecule has 0 aliphatic heterocycles. The van der Waals surface area contributed by atoms with Gasteiger partial charge in [-0.15, -0.1) is 0 Å². The number of anilines is 1. The largest absolute Gasteiger partial charge is 0.491 e. The second-order valence-electron chi connectivity index (χ2n) is 5.84. The van der Waals surface area contributed by atoms with Crippen molar-refractivity contribution in [3.8, 4) is 5.75 Å². The van der Waals surface area contributed by atoms with Crippen LogP contribution in [0, 0.1) is 13.8 Å². The first-order valence-electron chi connectivity index (χ1n) is 7.60. The molecule has 0 spiro atoms. The summed E-state index contributed by atoms with van der Waals surface area (Å²) in [5.74, 6) is 1.48. The van der Waals surface area contributed by atoms with Gasteiger partial charge in [-0.05, 0) is 54.7 Å². The minimum Gasteiger partial charge on any atom is -0.491 e. The van der Waals surface area contributed by atoms with E-state index in [0.29, 0.717) is 12.5 Å². The van der Waals surface area contributed by atoms with Crippen LogP contribution in [-0.4, -0.2) is 13.2 Å². The summed E-state index contributed by atoms with van der Waals surface area (Å²) in [6.45, 7) is 10.1. The van der Waals surface area contributed by atoms with Crippen molar-refractivity contribution in [3.63, 3.8) is 0 Å². The molecule has 2 heteroatoms. The third-order valence-corrected chi connectivity index (χ3v) is 3.45. The van der Waals surface area contributed by atoms with Gasteiger partial charge in [-0.2, -0.15) is 0 Å². The first kappa shape index (κ1) is 15.4. The average Bonchev–Trinajstić information content (AvgIpc) is 2.43. The predicted molar refractivity (Wildman–Crippen MR) is 90.4 cm³/mol. The molecular weight excluding hydrogens is 258 g/mol. The van der Waals surface area contributed by atoms with Crippen LogP contribution in [0.2, 0.25) is 0 Å². The maximum Gasteiger partial charge on any atom is 0.122 e. The highest BCUT2D eigenvalue weighted by Crippen LogP contribution is 2.25. The number of rotatable bonds is 6. The number of benzene rings is 2. The summed E-state index contributed by atoms with van der Waals surface area (Å²) in [5, 5.41) is 3.42. The summed E-state index contributed by atoms with van der Waals surface area (Å²) in [7, 11) is 0. The van der Waals surface area contributed by atoms with Crippen LogP contribution in [0.1, 0.15) is 36.5 Å². The lowest BCUT2D eigenvalue weighted by atomic mass is 10.0. The van der Waals surface area contributed by atoms with Crippen LogP contribution in [0.3, 0.4) is 0 Å². The Hall–Kier alpha value is -1.96. The molecule has 2 rings (SSSR count). The molecular formula is C19H25NO. The fourth-order valence-electron chi connectivity index (χ4n) is 2.52. The molecule has 0 aromatic heterocycles. The van der Waals surface area contributed by atoms with Gasteiger partial charge in [0.15, 0.2) is 0 Å². The zero-order chi connectivity index (χ0) is 15.2. The quantitative estimate of drug-likeness (QED) is 0.760. The minimum atomic E-state index is 0.480. The lowest BCUT2D eigenvalue weighted by Gasteiger charge is -2.14. The number of para-hydroxylation sites is 1. The normalized spacial score (nSPS) is 10.7. The molecule has 0 saturated carbocycles. The molecule has 0 aliphatic rings. The molecule has 21 heavy (non-hydrogen) atoms. The third-order valence-electron chi connectivity index (χ3n) is 3.45. The molecule has 0 fully saturated rings. The van der Waals surface area contributed by atoms with Gasteiger partial charge < -0.3 is 10.1 Å². The molecule has 0 radical (unpaired) electrons. The van der Waals surface area contributed by atoms with E-state index < -0.39 is 0 Å². The van der Waals surface area contributed by atoms with Crippen LogP contribution in [0.5, 0.6) is 5.75 Å². The highest BCUT2D eigenvalue weighted by Gasteiger charge is 2.06. The van der Waals surface area contributed by atoms with Gasteiger partial charge in [0, 0.05) is 12.2 Å². The Balaban J connectivity index is 1.87. The van der Waals surface area contributed by atoms with Gasteiger partial charge >= 0.3 is 0 Å². The van der Waals surface area contributed by atoms with Crippen LogP contribution in [0.15, 0.2) is 42.5 Å². The van der Waals surface area contributed by atoms with Crippen molar-refractivity contribution in [1.82, 2.24) is 0 Å². The Kier molecular flexibility index (Phi) is 5.26. The molecule has 112 valence electrons. The van der Waals surface area contributed by atoms with Gasteiger partial charge in [-0.3, -0.25) is 0 Å². The van der Waals surface area contributed by atoms with E-state index in [-0.39, 0.29) is 0 Å². The molecule has 0 bridgehead atoms. The number of hydrogen-bond acceptors (Lipinski definition) is 2. The smallest absolute Gasteiger partial charge is 0.122 e. The molecule has 2 aromatic carbocycles. The topological polar surface area (TPSA) is 21.3 Å². The Morgan fingerprint density at radius 3 is 2.33 bits per heavy atom. The second kappa shape index (κ2) is 7.16. The average molecular weight is 283 g/mol. The summed E-state index contributed by atoms with van der Waals surface area (Å²) in [4.78, 5) is 0. The highest BCUT2D eigenvalue weighted by atomic mass is 16.5. The first-order chi connectivity index (χ1) is 10.1. The van der Waals surface area contributed by atoms with E-state index in [9.17, 15) is 0 Å². The van der Waals surface area contributed by atoms with Crippen molar-refractivity contribution >= 4 is 5.69 Å². The molecule has 0 heterocycles. The minimum absolute atomic E-state index is 0.480. The summed E-state index contributed by atoms with van der Waals surface area (Å²) in [6.07, 6.45) is 0. The summed E-state index contributed by atoms with van der Waals surface area (Å²) in [5.41, 5.74) is 4.99. The molecule has 0 aliphatic carbocycles. The van der Waals surface area contributed by atoms with Crippen molar-refractivity contribution in [2.45, 2.75) is 33.6 Å². The zero-order valence-corrected chi connectivity index (χ0v) is 13.4. The molecule has 0 amide bonds. The molecule has 0 saturated heterocycles. The van der Waals surface area contributed by atoms with Gasteiger partial charge in [-0.25, -0.2) is 0 Å². The molecule has 1 N–H and O–H groups in total. The molecule has 0 unspecified atom stereocenters. The van der Waals surface area contributed by atoms with Crippen molar-refractivity contribution < 1.29 is 4.74 Å². The van der Waals surface area contributed by atoms with E-state index in [1.165, 1.54) is 16.7 Å². The Labute approximate surface area is 128 Å². The van der Waals surface area contributed by atoms with Crippen LogP contribution in [0.4, 0.5) is 5.69 Å². The second-order valence-corrected chi connectivity index (χ2v) is 5.84. The number of aryl methyl sites for hydroxylation is 2. The zero-order valence-electron chi connectivity index (χ0n) is 13.4. The van der Waals surface area contributed by atoms with Crippen LogP contribution in [0.25, 0.3) is 0 Å². The van der Waals surface area contributed by atoms with E-state index >= 15 is 0 Å². The fourth-order valence-corrected chi connectivity index (χ4v) is 2.52. The molecule has 2 aromatic rings. The Morgan fingerprint density at radius 2 is 1.67 bits per heavy atom. The highest BCUT2D eigenvalue weighted by molar-refractivity contribution is 5.48. The lowest BCUT2D eigenvalue weighted by Crippen LogP contribution is -2.12. The standard InChI is InChI=1S/C19H25NO/c1-14(2)18-7-5-6-8-19(18)21-10-9-20-17-12-15(3)11-16(4)13-17/h5-8,11-14,20H,9-10H2,1-4H3. The van der Waals surface area contributed by atoms with Crippen LogP contribution >= 0.6 is 0 Å². The van der Waals surface area contributed by atoms with Gasteiger partial charge in [0.2, 0.25) is 0 Å². The maximum atomic E-state index is 5.92. The lowest BCUT2D eigenvalue weighted by molar-refractivity contribution is 0.328. The monoisotopic (exact) mass is 283 g/mol. The number of nitrogens with one attached hydrogen (secondary N) is 1. The first-order valence-corrected chi connectivity index (χ1v) is 7.60. The van der Waals surface area contributed by atoms with Crippen molar-refractivity contribution in [3.05, 3.63) is 59.2 Å². The van der Waals surface area contributed by atoms with Crippen LogP contribution < -0.4 is 10.1 Å². The third kappa shape index (κ3) is 4.52. The summed E-state index contributed by atoms with van der Waals surface area (Å²) >= 11 is 0. The van der Waals surface area contributed by atoms with Gasteiger partial charge in [0.25, 0.3) is 0 Å². The molecule has 2 nitrogen and oxygen atoms in total. The van der Waals surface area contributed by atoms with E-state index in [0.717, 1.165) is 18.0 Å². The van der Waals surface area contributed by atoms with Crippen molar-refractivity contribution in [2.24, 2.45) is 0 Å². The predicted octanol–water partition coefficient (Wildman–Crippen LogP) is 4.92. The van der Waals surface area contributed by atoms with Crippen molar-refractivity contribution in [2.75, 3.05) is 18.5 Å². The van der Waals surface area contributed by atoms with Crippen molar-refractivity contribution in [1.29, 1.82) is 0 Å². The van der Waals surface area contributed by atoms with Gasteiger partial charge in [0.1, 0.15) is 12.4 Å². The molecule has 0 atom stereocenters. The van der Waals surface area contributed by atoms with E-state index in [1.807, 2.05) is 12.1 Å². The summed E-state index contributed by atoms with van der Waals surface area (Å²) < 4.78 is 5.92. The maximum absolute atomic E-state index is 5.92. The van der Waals surface area contributed by atoms with E-state index in [2.05, 4.69) is 63.3 Å². The fraction of sp³-hybridized carbons (Fsp3) is 0.368. The SMILES string of the molecule is Cc1cc(C)cc(NCCOc2ccccc2C(C)C)c1. The summed E-state index contributed by atoms with van der Waals surface area (Å²) in [6, 6.07) is 14.8. The van der Waals surface area contributed by atoms with Gasteiger partial charge in [-0.1, -0.05) is 38.1 Å². The van der Waals surface area contributed by atoms with E-state index in [1.54, 1.807) is 0 Å². The Bertz CT molecular complexity index is 570. The van der Waals surface area contributed by atoms with Crippen LogP contribution in [-0.2, 0) is 0 Å². The van der Waals surface area contributed by atoms with E-state index in [4.69, 9.17) is 4.74 Å². The number of ether oxygens (including phenoxy) is 1. The Morgan fingerprint density at radius 1 is 1.00 bits per heavy atom.